The lowest BCUT2D eigenvalue weighted by Crippen LogP contribution is -2.20. The number of benzene rings is 1. The minimum atomic E-state index is 0.805. The molecular formula is C16H22O. The second-order valence-corrected chi connectivity index (χ2v) is 5.71. The van der Waals surface area contributed by atoms with E-state index >= 15 is 0 Å². The van der Waals surface area contributed by atoms with Gasteiger partial charge in [-0.05, 0) is 54.4 Å². The summed E-state index contributed by atoms with van der Waals surface area (Å²) in [5.74, 6) is 2.78. The number of hydrogen-bond acceptors (Lipinski definition) is 1. The van der Waals surface area contributed by atoms with Crippen molar-refractivity contribution in [2.75, 3.05) is 7.11 Å². The van der Waals surface area contributed by atoms with E-state index in [0.717, 1.165) is 17.6 Å². The molecule has 0 saturated heterocycles. The van der Waals surface area contributed by atoms with Gasteiger partial charge in [-0.15, -0.1) is 0 Å². The van der Waals surface area contributed by atoms with Crippen molar-refractivity contribution in [2.45, 2.75) is 50.9 Å². The first-order valence-corrected chi connectivity index (χ1v) is 7.03. The van der Waals surface area contributed by atoms with Crippen LogP contribution in [-0.2, 0) is 6.42 Å². The molecule has 2 bridgehead atoms. The first kappa shape index (κ1) is 11.1. The van der Waals surface area contributed by atoms with Gasteiger partial charge in [0.15, 0.2) is 0 Å². The van der Waals surface area contributed by atoms with Crippen LogP contribution >= 0.6 is 0 Å². The summed E-state index contributed by atoms with van der Waals surface area (Å²) in [6.07, 6.45) is 9.85. The fraction of sp³-hybridized carbons (Fsp3) is 0.625. The maximum atomic E-state index is 5.37. The number of rotatable bonds is 1. The first-order chi connectivity index (χ1) is 8.36. The predicted octanol–water partition coefficient (Wildman–Crippen LogP) is 4.31. The Bertz CT molecular complexity index is 397. The van der Waals surface area contributed by atoms with E-state index in [4.69, 9.17) is 4.74 Å². The van der Waals surface area contributed by atoms with Gasteiger partial charge in [-0.1, -0.05) is 31.7 Å². The van der Waals surface area contributed by atoms with E-state index in [1.165, 1.54) is 44.9 Å². The van der Waals surface area contributed by atoms with Crippen molar-refractivity contribution >= 4 is 0 Å². The summed E-state index contributed by atoms with van der Waals surface area (Å²) >= 11 is 0. The molecule has 92 valence electrons. The summed E-state index contributed by atoms with van der Waals surface area (Å²) in [7, 11) is 1.77. The zero-order chi connectivity index (χ0) is 11.7. The van der Waals surface area contributed by atoms with Crippen LogP contribution in [0.4, 0.5) is 0 Å². The third-order valence-corrected chi connectivity index (χ3v) is 4.58. The van der Waals surface area contributed by atoms with Crippen LogP contribution in [0.5, 0.6) is 5.75 Å². The molecule has 2 aliphatic carbocycles. The highest BCUT2D eigenvalue weighted by molar-refractivity contribution is 5.40. The Hall–Kier alpha value is -0.980. The molecule has 0 radical (unpaired) electrons. The molecule has 2 atom stereocenters. The van der Waals surface area contributed by atoms with E-state index in [-0.39, 0.29) is 0 Å². The van der Waals surface area contributed by atoms with Gasteiger partial charge in [0.25, 0.3) is 0 Å². The Labute approximate surface area is 104 Å². The SMILES string of the molecule is COc1ccc2c(c1)[C@H]1CCCCC[C@@H](C2)C1. The fourth-order valence-electron chi connectivity index (χ4n) is 3.68. The smallest absolute Gasteiger partial charge is 0.119 e. The molecule has 1 aromatic carbocycles. The standard InChI is InChI=1S/C16H22O/c1-17-15-8-7-14-10-12-5-3-2-4-6-13(9-12)16(14)11-15/h7-8,11-13H,2-6,9-10H2,1H3/t12-,13+/m1/s1. The average Bonchev–Trinajstić information content (AvgIpc) is 2.35. The zero-order valence-corrected chi connectivity index (χ0v) is 10.7. The summed E-state index contributed by atoms with van der Waals surface area (Å²) in [5, 5.41) is 0. The highest BCUT2D eigenvalue weighted by Crippen LogP contribution is 2.42. The van der Waals surface area contributed by atoms with Crippen molar-refractivity contribution < 1.29 is 4.74 Å². The average molecular weight is 230 g/mol. The van der Waals surface area contributed by atoms with Gasteiger partial charge < -0.3 is 4.74 Å². The molecule has 0 spiro atoms. The molecule has 1 fully saturated rings. The number of ether oxygens (including phenoxy) is 1. The van der Waals surface area contributed by atoms with Gasteiger partial charge in [0.05, 0.1) is 7.11 Å². The third-order valence-electron chi connectivity index (χ3n) is 4.58. The Kier molecular flexibility index (Phi) is 3.09. The number of methoxy groups -OCH3 is 1. The highest BCUT2D eigenvalue weighted by Gasteiger charge is 2.28. The van der Waals surface area contributed by atoms with Crippen molar-refractivity contribution in [3.05, 3.63) is 29.3 Å². The maximum Gasteiger partial charge on any atom is 0.119 e. The minimum absolute atomic E-state index is 0.805. The first-order valence-electron chi connectivity index (χ1n) is 7.03. The molecule has 3 rings (SSSR count). The molecular weight excluding hydrogens is 208 g/mol. The van der Waals surface area contributed by atoms with Gasteiger partial charge in [0.2, 0.25) is 0 Å². The van der Waals surface area contributed by atoms with E-state index in [1.807, 2.05) is 0 Å². The molecule has 0 unspecified atom stereocenters. The number of fused-ring (bicyclic) bond motifs is 4. The molecule has 2 aliphatic rings. The van der Waals surface area contributed by atoms with Gasteiger partial charge in [-0.2, -0.15) is 0 Å². The van der Waals surface area contributed by atoms with Crippen LogP contribution in [-0.4, -0.2) is 7.11 Å². The summed E-state index contributed by atoms with van der Waals surface area (Å²) < 4.78 is 5.37. The largest absolute Gasteiger partial charge is 0.497 e. The molecule has 1 aromatic rings. The van der Waals surface area contributed by atoms with Gasteiger partial charge in [-0.25, -0.2) is 0 Å². The quantitative estimate of drug-likeness (QED) is 0.698. The van der Waals surface area contributed by atoms with Crippen LogP contribution in [0.25, 0.3) is 0 Å². The lowest BCUT2D eigenvalue weighted by atomic mass is 9.72. The Morgan fingerprint density at radius 3 is 2.88 bits per heavy atom. The molecule has 17 heavy (non-hydrogen) atoms. The molecule has 0 N–H and O–H groups in total. The summed E-state index contributed by atoms with van der Waals surface area (Å²) in [6, 6.07) is 6.72. The predicted molar refractivity (Wildman–Crippen MR) is 70.6 cm³/mol. The number of hydrogen-bond donors (Lipinski definition) is 0. The van der Waals surface area contributed by atoms with Crippen molar-refractivity contribution in [3.8, 4) is 5.75 Å². The van der Waals surface area contributed by atoms with E-state index in [2.05, 4.69) is 18.2 Å². The van der Waals surface area contributed by atoms with Crippen LogP contribution < -0.4 is 4.74 Å². The highest BCUT2D eigenvalue weighted by atomic mass is 16.5. The van der Waals surface area contributed by atoms with Crippen molar-refractivity contribution in [1.82, 2.24) is 0 Å². The lowest BCUT2D eigenvalue weighted by Gasteiger charge is -2.34. The fourth-order valence-corrected chi connectivity index (χ4v) is 3.68. The van der Waals surface area contributed by atoms with Gasteiger partial charge >= 0.3 is 0 Å². The van der Waals surface area contributed by atoms with Crippen molar-refractivity contribution in [3.63, 3.8) is 0 Å². The maximum absolute atomic E-state index is 5.37. The van der Waals surface area contributed by atoms with E-state index in [1.54, 1.807) is 18.2 Å². The molecule has 0 aromatic heterocycles. The van der Waals surface area contributed by atoms with Crippen molar-refractivity contribution in [2.24, 2.45) is 5.92 Å². The normalized spacial score (nSPS) is 27.8. The van der Waals surface area contributed by atoms with Crippen LogP contribution in [0.3, 0.4) is 0 Å². The Morgan fingerprint density at radius 2 is 2.00 bits per heavy atom. The Balaban J connectivity index is 1.95. The van der Waals surface area contributed by atoms with E-state index in [0.29, 0.717) is 0 Å². The summed E-state index contributed by atoms with van der Waals surface area (Å²) in [5.41, 5.74) is 3.18. The summed E-state index contributed by atoms with van der Waals surface area (Å²) in [6.45, 7) is 0. The minimum Gasteiger partial charge on any atom is -0.497 e. The molecule has 1 saturated carbocycles. The van der Waals surface area contributed by atoms with Crippen LogP contribution in [0.1, 0.15) is 55.6 Å². The second-order valence-electron chi connectivity index (χ2n) is 5.71. The molecule has 0 aliphatic heterocycles. The third kappa shape index (κ3) is 2.20. The summed E-state index contributed by atoms with van der Waals surface area (Å²) in [4.78, 5) is 0. The van der Waals surface area contributed by atoms with E-state index in [9.17, 15) is 0 Å². The van der Waals surface area contributed by atoms with Gasteiger partial charge in [-0.3, -0.25) is 0 Å². The van der Waals surface area contributed by atoms with Crippen LogP contribution in [0, 0.1) is 5.92 Å². The van der Waals surface area contributed by atoms with Crippen LogP contribution in [0.15, 0.2) is 18.2 Å². The topological polar surface area (TPSA) is 9.23 Å². The molecule has 1 nitrogen and oxygen atoms in total. The van der Waals surface area contributed by atoms with Crippen LogP contribution in [0.2, 0.25) is 0 Å². The molecule has 0 heterocycles. The van der Waals surface area contributed by atoms with Gasteiger partial charge in [0, 0.05) is 0 Å². The second kappa shape index (κ2) is 4.72. The molecule has 0 amide bonds. The lowest BCUT2D eigenvalue weighted by molar-refractivity contribution is 0.323. The van der Waals surface area contributed by atoms with Gasteiger partial charge in [0.1, 0.15) is 5.75 Å². The monoisotopic (exact) mass is 230 g/mol. The molecule has 1 heteroatoms. The van der Waals surface area contributed by atoms with Crippen molar-refractivity contribution in [1.29, 1.82) is 0 Å². The Morgan fingerprint density at radius 1 is 1.12 bits per heavy atom. The zero-order valence-electron chi connectivity index (χ0n) is 10.7. The van der Waals surface area contributed by atoms with E-state index < -0.39 is 0 Å².